The Kier molecular flexibility index (Phi) is 9.19. The highest BCUT2D eigenvalue weighted by Crippen LogP contribution is 2.41. The van der Waals surface area contributed by atoms with Crippen LogP contribution in [0.2, 0.25) is 10.0 Å². The first kappa shape index (κ1) is 29.7. The smallest absolute Gasteiger partial charge is 0.264 e. The molecule has 0 fully saturated rings. The molecule has 9 nitrogen and oxygen atoms in total. The van der Waals surface area contributed by atoms with Crippen molar-refractivity contribution in [2.45, 2.75) is 38.8 Å². The zero-order valence-electron chi connectivity index (χ0n) is 21.3. The van der Waals surface area contributed by atoms with Crippen LogP contribution < -0.4 is 14.5 Å². The molecule has 1 unspecified atom stereocenters. The molecule has 13 heteroatoms. The molecule has 0 saturated carbocycles. The van der Waals surface area contributed by atoms with Crippen LogP contribution in [0, 0.1) is 0 Å². The maximum absolute atomic E-state index is 11.3. The van der Waals surface area contributed by atoms with Gasteiger partial charge in [0.05, 0.1) is 17.2 Å². The molecule has 0 aromatic heterocycles. The van der Waals surface area contributed by atoms with Crippen molar-refractivity contribution in [1.82, 2.24) is 0 Å². The van der Waals surface area contributed by atoms with E-state index in [1.54, 1.807) is 18.2 Å². The van der Waals surface area contributed by atoms with Gasteiger partial charge in [0.25, 0.3) is 20.2 Å². The van der Waals surface area contributed by atoms with Crippen molar-refractivity contribution in [3.05, 3.63) is 75.4 Å². The second-order valence-electron chi connectivity index (χ2n) is 9.43. The Balaban J connectivity index is 1.62. The Labute approximate surface area is 239 Å². The van der Waals surface area contributed by atoms with E-state index in [2.05, 4.69) is 0 Å². The Bertz CT molecular complexity index is 1510. The quantitative estimate of drug-likeness (QED) is 0.321. The Morgan fingerprint density at radius 1 is 0.974 bits per heavy atom. The molecule has 0 spiro atoms. The van der Waals surface area contributed by atoms with Crippen LogP contribution in [-0.4, -0.2) is 56.8 Å². The molecule has 1 atom stereocenters. The molecule has 0 radical (unpaired) electrons. The molecule has 39 heavy (non-hydrogen) atoms. The zero-order chi connectivity index (χ0) is 28.4. The van der Waals surface area contributed by atoms with Gasteiger partial charge in [-0.05, 0) is 72.9 Å². The SMILES string of the molecule is CCC(=CC1Oc2ccc(Cl)cc2N1CCCS(=O)(=O)O)C=C1Cc2ccc(Cl)cc2N1CCCS(=O)(=O)O. The van der Waals surface area contributed by atoms with E-state index < -0.39 is 26.5 Å². The van der Waals surface area contributed by atoms with Gasteiger partial charge in [-0.25, -0.2) is 0 Å². The van der Waals surface area contributed by atoms with Gasteiger partial charge in [-0.15, -0.1) is 0 Å². The van der Waals surface area contributed by atoms with E-state index in [1.165, 1.54) is 0 Å². The molecule has 2 aromatic rings. The molecule has 2 aromatic carbocycles. The minimum absolute atomic E-state index is 0.193. The van der Waals surface area contributed by atoms with E-state index in [1.807, 2.05) is 47.1 Å². The van der Waals surface area contributed by atoms with Gasteiger partial charge in [-0.2, -0.15) is 16.8 Å². The van der Waals surface area contributed by atoms with Gasteiger partial charge >= 0.3 is 0 Å². The lowest BCUT2D eigenvalue weighted by Crippen LogP contribution is -2.35. The summed E-state index contributed by atoms with van der Waals surface area (Å²) >= 11 is 12.5. The first-order chi connectivity index (χ1) is 18.3. The molecule has 0 saturated heterocycles. The van der Waals surface area contributed by atoms with Gasteiger partial charge in [-0.3, -0.25) is 9.11 Å². The number of fused-ring (bicyclic) bond motifs is 2. The number of anilines is 2. The Hall–Kier alpha value is -2.28. The normalized spacial score (nSPS) is 18.4. The van der Waals surface area contributed by atoms with Crippen molar-refractivity contribution < 1.29 is 30.7 Å². The van der Waals surface area contributed by atoms with Crippen molar-refractivity contribution in [3.8, 4) is 5.75 Å². The second-order valence-corrected chi connectivity index (χ2v) is 13.4. The average Bonchev–Trinajstić information content (AvgIpc) is 3.34. The third kappa shape index (κ3) is 7.90. The lowest BCUT2D eigenvalue weighted by atomic mass is 10.1. The van der Waals surface area contributed by atoms with Gasteiger partial charge in [-0.1, -0.05) is 36.2 Å². The van der Waals surface area contributed by atoms with E-state index in [4.69, 9.17) is 27.9 Å². The summed E-state index contributed by atoms with van der Waals surface area (Å²) in [5.41, 5.74) is 4.58. The molecule has 2 N–H and O–H groups in total. The molecule has 0 aliphatic carbocycles. The van der Waals surface area contributed by atoms with Crippen molar-refractivity contribution in [2.24, 2.45) is 0 Å². The maximum atomic E-state index is 11.3. The molecule has 4 rings (SSSR count). The summed E-state index contributed by atoms with van der Waals surface area (Å²) < 4.78 is 69.7. The fourth-order valence-corrected chi connectivity index (χ4v) is 6.10. The fraction of sp³-hybridized carbons (Fsp3) is 0.385. The summed E-state index contributed by atoms with van der Waals surface area (Å²) in [6.45, 7) is 2.70. The predicted octanol–water partition coefficient (Wildman–Crippen LogP) is 5.36. The number of hydrogen-bond acceptors (Lipinski definition) is 7. The van der Waals surface area contributed by atoms with Gasteiger partial charge in [0.2, 0.25) is 0 Å². The molecule has 2 aliphatic rings. The Morgan fingerprint density at radius 2 is 1.59 bits per heavy atom. The van der Waals surface area contributed by atoms with E-state index in [-0.39, 0.29) is 24.3 Å². The van der Waals surface area contributed by atoms with E-state index in [9.17, 15) is 25.9 Å². The average molecular weight is 618 g/mol. The largest absolute Gasteiger partial charge is 0.465 e. The number of benzene rings is 2. The van der Waals surface area contributed by atoms with E-state index in [0.717, 1.165) is 28.2 Å². The minimum Gasteiger partial charge on any atom is -0.465 e. The minimum atomic E-state index is -4.10. The van der Waals surface area contributed by atoms with E-state index >= 15 is 0 Å². The summed E-state index contributed by atoms with van der Waals surface area (Å²) in [5, 5.41) is 1.08. The van der Waals surface area contributed by atoms with Crippen LogP contribution >= 0.6 is 23.2 Å². The summed E-state index contributed by atoms with van der Waals surface area (Å²) in [6.07, 6.45) is 5.18. The van der Waals surface area contributed by atoms with Crippen LogP contribution in [0.25, 0.3) is 0 Å². The van der Waals surface area contributed by atoms with Crippen LogP contribution in [0.1, 0.15) is 31.7 Å². The third-order valence-electron chi connectivity index (χ3n) is 6.54. The van der Waals surface area contributed by atoms with Crippen LogP contribution in [-0.2, 0) is 26.7 Å². The number of ether oxygens (including phenoxy) is 1. The van der Waals surface area contributed by atoms with Crippen molar-refractivity contribution in [2.75, 3.05) is 34.4 Å². The third-order valence-corrected chi connectivity index (χ3v) is 8.62. The van der Waals surface area contributed by atoms with Crippen molar-refractivity contribution in [1.29, 1.82) is 0 Å². The second kappa shape index (κ2) is 12.1. The highest BCUT2D eigenvalue weighted by Gasteiger charge is 2.30. The van der Waals surface area contributed by atoms with Gasteiger partial charge < -0.3 is 14.5 Å². The van der Waals surface area contributed by atoms with Crippen LogP contribution in [0.15, 0.2) is 59.8 Å². The monoisotopic (exact) mass is 616 g/mol. The fourth-order valence-electron chi connectivity index (χ4n) is 4.78. The van der Waals surface area contributed by atoms with Crippen molar-refractivity contribution in [3.63, 3.8) is 0 Å². The molecule has 2 aliphatic heterocycles. The van der Waals surface area contributed by atoms with Gasteiger partial charge in [0.15, 0.2) is 6.23 Å². The number of rotatable bonds is 11. The summed E-state index contributed by atoms with van der Waals surface area (Å²) in [5.74, 6) is -0.108. The molecule has 212 valence electrons. The van der Waals surface area contributed by atoms with Gasteiger partial charge in [0.1, 0.15) is 5.75 Å². The first-order valence-electron chi connectivity index (χ1n) is 12.4. The Morgan fingerprint density at radius 3 is 2.23 bits per heavy atom. The van der Waals surface area contributed by atoms with Crippen LogP contribution in [0.5, 0.6) is 5.75 Å². The number of halogens is 2. The molecule has 0 bridgehead atoms. The topological polar surface area (TPSA) is 124 Å². The number of hydrogen-bond donors (Lipinski definition) is 2. The molecular weight excluding hydrogens is 587 g/mol. The molecule has 2 heterocycles. The number of allylic oxidation sites excluding steroid dienone is 3. The number of nitrogens with zero attached hydrogens (tertiary/aromatic N) is 2. The summed E-state index contributed by atoms with van der Waals surface area (Å²) in [4.78, 5) is 3.93. The standard InChI is InChI=1S/C26H30Cl2N2O7S2/c1-2-18(13-22-15-19-5-6-20(27)16-23(19)29(22)9-3-11-38(31,32)33)14-26-30(10-4-12-39(34,35)36)24-17-21(28)7-8-25(24)37-26/h5-8,13-14,16-17,26H,2-4,9-12,15H2,1H3,(H,31,32,33)(H,34,35,36). The first-order valence-corrected chi connectivity index (χ1v) is 16.4. The van der Waals surface area contributed by atoms with Gasteiger partial charge in [0, 0.05) is 40.9 Å². The zero-order valence-corrected chi connectivity index (χ0v) is 24.4. The lowest BCUT2D eigenvalue weighted by Gasteiger charge is -2.24. The lowest BCUT2D eigenvalue weighted by molar-refractivity contribution is 0.272. The van der Waals surface area contributed by atoms with Crippen molar-refractivity contribution >= 4 is 54.8 Å². The highest BCUT2D eigenvalue weighted by molar-refractivity contribution is 7.86. The summed E-state index contributed by atoms with van der Waals surface area (Å²) in [6, 6.07) is 10.8. The summed E-state index contributed by atoms with van der Waals surface area (Å²) in [7, 11) is -8.18. The predicted molar refractivity (Wildman–Crippen MR) is 154 cm³/mol. The maximum Gasteiger partial charge on any atom is 0.264 e. The highest BCUT2D eigenvalue weighted by atomic mass is 35.5. The van der Waals surface area contributed by atoms with E-state index in [0.29, 0.717) is 41.7 Å². The molecular formula is C26H30Cl2N2O7S2. The van der Waals surface area contributed by atoms with Crippen LogP contribution in [0.3, 0.4) is 0 Å². The van der Waals surface area contributed by atoms with Crippen LogP contribution in [0.4, 0.5) is 11.4 Å². The molecule has 0 amide bonds.